The molecule has 1 spiro atoms. The third-order valence-electron chi connectivity index (χ3n) is 9.84. The van der Waals surface area contributed by atoms with Gasteiger partial charge in [-0.1, -0.05) is 125 Å². The third-order valence-corrected chi connectivity index (χ3v) is 17.6. The van der Waals surface area contributed by atoms with Gasteiger partial charge in [0.05, 0.1) is 13.8 Å². The maximum atomic E-state index is 14.0. The van der Waals surface area contributed by atoms with E-state index in [1.54, 1.807) is 0 Å². The number of rotatable bonds is 7. The van der Waals surface area contributed by atoms with E-state index in [0.29, 0.717) is 28.8 Å². The standard InChI is InChI=1S/C34H43NO2Si/c1-23(2)38(24(3)4,25(5)6)29-21-34(37-22-29)30-20-28(18-19-31(30)35(7)33(34)36)32(26-14-10-8-11-15-26)27-16-12-9-13-17-27/h8-20,23-25,29,32H,21-22H2,1-7H3/t29-,34+/m0/s1. The van der Waals surface area contributed by atoms with Gasteiger partial charge in [-0.3, -0.25) is 4.79 Å². The molecule has 3 nitrogen and oxygen atoms in total. The second kappa shape index (κ2) is 10.1. The van der Waals surface area contributed by atoms with Crippen LogP contribution < -0.4 is 4.90 Å². The van der Waals surface area contributed by atoms with Crippen LogP contribution in [0.4, 0.5) is 5.69 Å². The molecule has 2 aliphatic heterocycles. The van der Waals surface area contributed by atoms with Crippen molar-refractivity contribution >= 4 is 19.7 Å². The monoisotopic (exact) mass is 525 g/mol. The van der Waals surface area contributed by atoms with E-state index < -0.39 is 13.7 Å². The van der Waals surface area contributed by atoms with Gasteiger partial charge in [-0.25, -0.2) is 0 Å². The summed E-state index contributed by atoms with van der Waals surface area (Å²) < 4.78 is 6.77. The number of hydrogen-bond acceptors (Lipinski definition) is 2. The molecule has 1 saturated heterocycles. The normalized spacial score (nSPS) is 21.5. The van der Waals surface area contributed by atoms with E-state index in [1.807, 2.05) is 11.9 Å². The SMILES string of the molecule is CC(C)[Si](C(C)C)(C(C)C)[C@@H]1CO[C@@]2(C1)C(=O)N(C)c1ccc(C(c3ccccc3)c3ccccc3)cc12. The van der Waals surface area contributed by atoms with Crippen molar-refractivity contribution in [1.29, 1.82) is 0 Å². The van der Waals surface area contributed by atoms with Crippen LogP contribution in [0.25, 0.3) is 0 Å². The molecular weight excluding hydrogens is 482 g/mol. The molecule has 0 N–H and O–H groups in total. The van der Waals surface area contributed by atoms with Gasteiger partial charge in [-0.15, -0.1) is 0 Å². The van der Waals surface area contributed by atoms with E-state index >= 15 is 0 Å². The Labute approximate surface area is 230 Å². The molecule has 5 rings (SSSR count). The van der Waals surface area contributed by atoms with Crippen molar-refractivity contribution in [2.45, 2.75) is 81.6 Å². The first-order valence-corrected chi connectivity index (χ1v) is 16.6. The lowest BCUT2D eigenvalue weighted by molar-refractivity contribution is -0.137. The number of ether oxygens (including phenoxy) is 1. The first-order valence-electron chi connectivity index (χ1n) is 14.3. The fourth-order valence-corrected chi connectivity index (χ4v) is 16.3. The Bertz CT molecular complexity index is 1230. The Kier molecular flexibility index (Phi) is 7.17. The van der Waals surface area contributed by atoms with E-state index in [9.17, 15) is 4.79 Å². The van der Waals surface area contributed by atoms with Crippen LogP contribution >= 0.6 is 0 Å². The molecule has 38 heavy (non-hydrogen) atoms. The van der Waals surface area contributed by atoms with E-state index in [-0.39, 0.29) is 11.8 Å². The van der Waals surface area contributed by atoms with E-state index in [4.69, 9.17) is 4.74 Å². The molecule has 1 fully saturated rings. The molecule has 0 radical (unpaired) electrons. The number of benzene rings is 3. The molecule has 3 aromatic rings. The number of anilines is 1. The molecule has 4 heteroatoms. The molecule has 0 saturated carbocycles. The van der Waals surface area contributed by atoms with Gasteiger partial charge in [0.1, 0.15) is 0 Å². The summed E-state index contributed by atoms with van der Waals surface area (Å²) in [5.41, 5.74) is 7.23. The van der Waals surface area contributed by atoms with Crippen molar-refractivity contribution in [3.63, 3.8) is 0 Å². The first kappa shape index (κ1) is 26.9. The summed E-state index contributed by atoms with van der Waals surface area (Å²) in [7, 11) is 0.115. The number of likely N-dealkylation sites (N-methyl/N-ethyl adjacent to an activating group) is 1. The Morgan fingerprint density at radius 2 is 1.32 bits per heavy atom. The second-order valence-electron chi connectivity index (χ2n) is 12.4. The van der Waals surface area contributed by atoms with Crippen LogP contribution in [0.1, 0.15) is 76.1 Å². The van der Waals surface area contributed by atoms with E-state index in [2.05, 4.69) is 120 Å². The molecule has 2 aliphatic rings. The summed E-state index contributed by atoms with van der Waals surface area (Å²) in [6, 6.07) is 28.0. The summed E-state index contributed by atoms with van der Waals surface area (Å²) in [4.78, 5) is 15.8. The predicted molar refractivity (Wildman–Crippen MR) is 161 cm³/mol. The van der Waals surface area contributed by atoms with Crippen molar-refractivity contribution in [3.05, 3.63) is 101 Å². The lowest BCUT2D eigenvalue weighted by atomic mass is 9.82. The van der Waals surface area contributed by atoms with Crippen molar-refractivity contribution in [1.82, 2.24) is 0 Å². The zero-order valence-corrected chi connectivity index (χ0v) is 25.1. The number of nitrogens with zero attached hydrogens (tertiary/aromatic N) is 1. The molecule has 0 aromatic heterocycles. The predicted octanol–water partition coefficient (Wildman–Crippen LogP) is 8.51. The van der Waals surface area contributed by atoms with Gasteiger partial charge >= 0.3 is 0 Å². The molecule has 0 aliphatic carbocycles. The summed E-state index contributed by atoms with van der Waals surface area (Å²) in [5, 5.41) is 0. The highest BCUT2D eigenvalue weighted by Gasteiger charge is 2.61. The van der Waals surface area contributed by atoms with Crippen LogP contribution in [0, 0.1) is 0 Å². The van der Waals surface area contributed by atoms with Crippen LogP contribution in [-0.4, -0.2) is 27.6 Å². The second-order valence-corrected chi connectivity index (χ2v) is 18.7. The van der Waals surface area contributed by atoms with Crippen LogP contribution in [-0.2, 0) is 15.1 Å². The third kappa shape index (κ3) is 3.99. The van der Waals surface area contributed by atoms with Crippen molar-refractivity contribution < 1.29 is 9.53 Å². The zero-order chi connectivity index (χ0) is 27.2. The molecule has 2 heterocycles. The number of amides is 1. The fraction of sp³-hybridized carbons (Fsp3) is 0.441. The topological polar surface area (TPSA) is 29.5 Å². The molecule has 1 amide bonds. The molecule has 200 valence electrons. The van der Waals surface area contributed by atoms with Crippen LogP contribution in [0.5, 0.6) is 0 Å². The minimum absolute atomic E-state index is 0.0911. The lowest BCUT2D eigenvalue weighted by Gasteiger charge is -2.47. The number of fused-ring (bicyclic) bond motifs is 2. The van der Waals surface area contributed by atoms with Crippen molar-refractivity contribution in [3.8, 4) is 0 Å². The van der Waals surface area contributed by atoms with Gasteiger partial charge < -0.3 is 9.64 Å². The maximum Gasteiger partial charge on any atom is 0.263 e. The summed E-state index contributed by atoms with van der Waals surface area (Å²) in [5.74, 6) is 0.190. The largest absolute Gasteiger partial charge is 0.360 e. The summed E-state index contributed by atoms with van der Waals surface area (Å²) in [6.45, 7) is 15.2. The van der Waals surface area contributed by atoms with Gasteiger partial charge in [-0.05, 0) is 40.8 Å². The molecule has 0 bridgehead atoms. The van der Waals surface area contributed by atoms with Crippen molar-refractivity contribution in [2.75, 3.05) is 18.6 Å². The first-order chi connectivity index (χ1) is 18.1. The molecule has 2 atom stereocenters. The van der Waals surface area contributed by atoms with E-state index in [1.165, 1.54) is 16.7 Å². The zero-order valence-electron chi connectivity index (χ0n) is 24.1. The smallest absolute Gasteiger partial charge is 0.263 e. The number of carbonyl (C=O) groups is 1. The Morgan fingerprint density at radius 3 is 1.82 bits per heavy atom. The van der Waals surface area contributed by atoms with E-state index in [0.717, 1.165) is 17.7 Å². The van der Waals surface area contributed by atoms with Gasteiger partial charge in [0.15, 0.2) is 5.60 Å². The van der Waals surface area contributed by atoms with Gasteiger partial charge in [0.25, 0.3) is 5.91 Å². The van der Waals surface area contributed by atoms with Gasteiger partial charge in [-0.2, -0.15) is 0 Å². The van der Waals surface area contributed by atoms with Crippen molar-refractivity contribution in [2.24, 2.45) is 0 Å². The fourth-order valence-electron chi connectivity index (χ4n) is 8.49. The summed E-state index contributed by atoms with van der Waals surface area (Å²) in [6.07, 6.45) is 0.800. The highest BCUT2D eigenvalue weighted by atomic mass is 28.3. The maximum absolute atomic E-state index is 14.0. The summed E-state index contributed by atoms with van der Waals surface area (Å²) >= 11 is 0. The highest BCUT2D eigenvalue weighted by molar-refractivity contribution is 6.85. The van der Waals surface area contributed by atoms with Crippen LogP contribution in [0.15, 0.2) is 78.9 Å². The highest BCUT2D eigenvalue weighted by Crippen LogP contribution is 2.59. The molecular formula is C34H43NO2Si. The average Bonchev–Trinajstić information content (AvgIpc) is 3.42. The number of carbonyl (C=O) groups excluding carboxylic acids is 1. The number of hydrogen-bond donors (Lipinski definition) is 0. The Morgan fingerprint density at radius 1 is 0.789 bits per heavy atom. The minimum atomic E-state index is -1.80. The Hall–Kier alpha value is -2.69. The van der Waals surface area contributed by atoms with Gasteiger partial charge in [0, 0.05) is 25.1 Å². The lowest BCUT2D eigenvalue weighted by Crippen LogP contribution is -2.49. The van der Waals surface area contributed by atoms with Gasteiger partial charge in [0.2, 0.25) is 0 Å². The van der Waals surface area contributed by atoms with Crippen LogP contribution in [0.3, 0.4) is 0 Å². The average molecular weight is 526 g/mol. The molecule has 0 unspecified atom stereocenters. The minimum Gasteiger partial charge on any atom is -0.360 e. The Balaban J connectivity index is 1.62. The molecule has 3 aromatic carbocycles. The quantitative estimate of drug-likeness (QED) is 0.229. The van der Waals surface area contributed by atoms with Crippen LogP contribution in [0.2, 0.25) is 22.2 Å².